The number of para-hydroxylation sites is 1. The molecule has 6 rings (SSSR count). The van der Waals surface area contributed by atoms with Crippen molar-refractivity contribution in [3.05, 3.63) is 100 Å². The summed E-state index contributed by atoms with van der Waals surface area (Å²) in [5, 5.41) is 2.23. The van der Waals surface area contributed by atoms with Crippen molar-refractivity contribution < 1.29 is 13.7 Å². The molecular weight excluding hydrogens is 538 g/mol. The molecule has 0 aliphatic heterocycles. The second-order valence-electron chi connectivity index (χ2n) is 9.78. The Labute approximate surface area is 237 Å². The molecule has 0 fully saturated rings. The lowest BCUT2D eigenvalue weighted by Gasteiger charge is -2.15. The molecule has 0 aliphatic carbocycles. The number of carbonyl (C=O) groups excluding carboxylic acids is 1. The highest BCUT2D eigenvalue weighted by Gasteiger charge is 2.19. The van der Waals surface area contributed by atoms with Crippen molar-refractivity contribution >= 4 is 49.6 Å². The summed E-state index contributed by atoms with van der Waals surface area (Å²) in [5.74, 6) is 0.00134. The van der Waals surface area contributed by atoms with E-state index in [1.807, 2.05) is 49.4 Å². The number of primary amides is 1. The Hall–Kier alpha value is -4.80. The first-order valence-electron chi connectivity index (χ1n) is 12.9. The normalized spacial score (nSPS) is 12.3. The number of nitrogens with one attached hydrogen (secondary N) is 2. The van der Waals surface area contributed by atoms with Crippen LogP contribution in [-0.2, 0) is 17.5 Å². The Morgan fingerprint density at radius 3 is 2.63 bits per heavy atom. The van der Waals surface area contributed by atoms with Crippen LogP contribution < -0.4 is 20.8 Å². The molecule has 1 amide bonds. The number of H-pyrrole nitrogens is 1. The molecule has 4 N–H and O–H groups in total. The number of hydrogen-bond acceptors (Lipinski definition) is 5. The molecule has 0 saturated carbocycles. The summed E-state index contributed by atoms with van der Waals surface area (Å²) >= 11 is 0. The first kappa shape index (κ1) is 26.4. The standard InChI is InChI=1S/C31H27N5O4S/c1-17-19(6-4-8-25(17)36-16-33-28-23(31(36)38)7-5-9-26(28)40-2)20-12-13-22(30(32)37)29-27(20)21-11-10-18(14-24(21)35-29)15-34-41(3)39/h4-14,16,34-35H,15H2,1-3H3,(H2,32,37). The number of nitrogens with two attached hydrogens (primary N) is 1. The number of methoxy groups -OCH3 is 1. The highest BCUT2D eigenvalue weighted by Crippen LogP contribution is 2.39. The van der Waals surface area contributed by atoms with Crippen LogP contribution in [0.15, 0.2) is 77.9 Å². The number of amides is 1. The van der Waals surface area contributed by atoms with Gasteiger partial charge in [-0.2, -0.15) is 0 Å². The number of hydrogen-bond donors (Lipinski definition) is 3. The van der Waals surface area contributed by atoms with Gasteiger partial charge in [-0.3, -0.25) is 14.2 Å². The second kappa shape index (κ2) is 10.3. The zero-order chi connectivity index (χ0) is 28.8. The van der Waals surface area contributed by atoms with E-state index in [0.29, 0.717) is 40.0 Å². The third-order valence-electron chi connectivity index (χ3n) is 7.39. The Balaban J connectivity index is 1.57. The monoisotopic (exact) mass is 565 g/mol. The van der Waals surface area contributed by atoms with Crippen molar-refractivity contribution in [2.45, 2.75) is 13.5 Å². The maximum Gasteiger partial charge on any atom is 0.265 e. The minimum Gasteiger partial charge on any atom is -0.494 e. The van der Waals surface area contributed by atoms with Gasteiger partial charge < -0.3 is 15.5 Å². The third-order valence-corrected chi connectivity index (χ3v) is 7.94. The van der Waals surface area contributed by atoms with Crippen molar-refractivity contribution in [2.24, 2.45) is 5.73 Å². The van der Waals surface area contributed by atoms with E-state index in [1.54, 1.807) is 42.2 Å². The summed E-state index contributed by atoms with van der Waals surface area (Å²) in [7, 11) is 0.410. The molecule has 0 bridgehead atoms. The molecule has 1 atom stereocenters. The molecule has 1 unspecified atom stereocenters. The predicted molar refractivity (Wildman–Crippen MR) is 163 cm³/mol. The molecule has 41 heavy (non-hydrogen) atoms. The van der Waals surface area contributed by atoms with Gasteiger partial charge in [0.1, 0.15) is 17.6 Å². The molecule has 4 aromatic carbocycles. The summed E-state index contributed by atoms with van der Waals surface area (Å²) in [4.78, 5) is 33.9. The van der Waals surface area contributed by atoms with Gasteiger partial charge >= 0.3 is 0 Å². The van der Waals surface area contributed by atoms with E-state index in [4.69, 9.17) is 10.5 Å². The van der Waals surface area contributed by atoms with Gasteiger partial charge in [-0.25, -0.2) is 13.9 Å². The molecule has 0 spiro atoms. The smallest absolute Gasteiger partial charge is 0.265 e. The number of aromatic nitrogens is 3. The molecule has 6 aromatic rings. The molecule has 2 heterocycles. The van der Waals surface area contributed by atoms with Gasteiger partial charge in [0.25, 0.3) is 11.5 Å². The minimum absolute atomic E-state index is 0.204. The van der Waals surface area contributed by atoms with Crippen molar-refractivity contribution in [2.75, 3.05) is 13.4 Å². The molecule has 9 nitrogen and oxygen atoms in total. The molecule has 0 radical (unpaired) electrons. The Morgan fingerprint density at radius 2 is 1.88 bits per heavy atom. The summed E-state index contributed by atoms with van der Waals surface area (Å²) in [6.07, 6.45) is 3.11. The van der Waals surface area contributed by atoms with Crippen LogP contribution in [0.2, 0.25) is 0 Å². The van der Waals surface area contributed by atoms with Gasteiger partial charge in [-0.1, -0.05) is 36.4 Å². The van der Waals surface area contributed by atoms with Gasteiger partial charge in [0, 0.05) is 29.1 Å². The molecule has 206 valence electrons. The van der Waals surface area contributed by atoms with Crippen LogP contribution in [0, 0.1) is 6.92 Å². The Morgan fingerprint density at radius 1 is 1.07 bits per heavy atom. The summed E-state index contributed by atoms with van der Waals surface area (Å²) < 4.78 is 21.4. The van der Waals surface area contributed by atoms with Crippen LogP contribution in [0.4, 0.5) is 0 Å². The van der Waals surface area contributed by atoms with Crippen molar-refractivity contribution in [1.82, 2.24) is 19.3 Å². The fraction of sp³-hybridized carbons (Fsp3) is 0.129. The van der Waals surface area contributed by atoms with E-state index in [-0.39, 0.29) is 5.56 Å². The zero-order valence-electron chi connectivity index (χ0n) is 22.6. The fourth-order valence-electron chi connectivity index (χ4n) is 5.42. The Kier molecular flexibility index (Phi) is 6.64. The van der Waals surface area contributed by atoms with Gasteiger partial charge in [-0.05, 0) is 59.5 Å². The van der Waals surface area contributed by atoms with Crippen LogP contribution >= 0.6 is 0 Å². The van der Waals surface area contributed by atoms with E-state index in [0.717, 1.165) is 38.5 Å². The van der Waals surface area contributed by atoms with Crippen LogP contribution in [0.1, 0.15) is 21.5 Å². The predicted octanol–water partition coefficient (Wildman–Crippen LogP) is 4.49. The van der Waals surface area contributed by atoms with Crippen molar-refractivity contribution in [3.63, 3.8) is 0 Å². The Bertz CT molecular complexity index is 2100. The average molecular weight is 566 g/mol. The van der Waals surface area contributed by atoms with Crippen LogP contribution in [-0.4, -0.2) is 38.0 Å². The fourth-order valence-corrected chi connectivity index (χ4v) is 5.79. The van der Waals surface area contributed by atoms with E-state index >= 15 is 0 Å². The number of rotatable bonds is 7. The van der Waals surface area contributed by atoms with Gasteiger partial charge in [0.15, 0.2) is 0 Å². The maximum absolute atomic E-state index is 13.6. The van der Waals surface area contributed by atoms with E-state index in [1.165, 1.54) is 6.33 Å². The first-order chi connectivity index (χ1) is 19.8. The number of ether oxygens (including phenoxy) is 1. The SMILES string of the molecule is COc1cccc2c(=O)n(-c3cccc(-c4ccc(C(N)=O)c5[nH]c6cc(CNS(C)=O)ccc6c45)c3C)cnc12. The summed E-state index contributed by atoms with van der Waals surface area (Å²) in [5.41, 5.74) is 12.2. The average Bonchev–Trinajstić information content (AvgIpc) is 3.35. The number of nitrogens with zero attached hydrogens (tertiary/aromatic N) is 2. The highest BCUT2D eigenvalue weighted by molar-refractivity contribution is 7.82. The van der Waals surface area contributed by atoms with Gasteiger partial charge in [0.05, 0.1) is 40.2 Å². The van der Waals surface area contributed by atoms with Gasteiger partial charge in [-0.15, -0.1) is 0 Å². The molecular formula is C31H27N5O4S. The lowest BCUT2D eigenvalue weighted by molar-refractivity contribution is 0.100. The first-order valence-corrected chi connectivity index (χ1v) is 14.4. The highest BCUT2D eigenvalue weighted by atomic mass is 32.2. The van der Waals surface area contributed by atoms with E-state index in [9.17, 15) is 13.8 Å². The largest absolute Gasteiger partial charge is 0.494 e. The minimum atomic E-state index is -1.14. The summed E-state index contributed by atoms with van der Waals surface area (Å²) in [6, 6.07) is 20.6. The lowest BCUT2D eigenvalue weighted by Crippen LogP contribution is -2.20. The molecule has 2 aromatic heterocycles. The molecule has 10 heteroatoms. The van der Waals surface area contributed by atoms with Crippen LogP contribution in [0.3, 0.4) is 0 Å². The lowest BCUT2D eigenvalue weighted by atomic mass is 9.93. The van der Waals surface area contributed by atoms with E-state index < -0.39 is 16.9 Å². The number of benzene rings is 4. The summed E-state index contributed by atoms with van der Waals surface area (Å²) in [6.45, 7) is 2.40. The zero-order valence-corrected chi connectivity index (χ0v) is 23.5. The van der Waals surface area contributed by atoms with E-state index in [2.05, 4.69) is 14.7 Å². The van der Waals surface area contributed by atoms with Crippen molar-refractivity contribution in [1.29, 1.82) is 0 Å². The quantitative estimate of drug-likeness (QED) is 0.263. The molecule has 0 aliphatic rings. The number of aromatic amines is 1. The maximum atomic E-state index is 13.6. The van der Waals surface area contributed by atoms with Gasteiger partial charge in [0.2, 0.25) is 0 Å². The number of fused-ring (bicyclic) bond motifs is 4. The molecule has 0 saturated heterocycles. The second-order valence-corrected chi connectivity index (χ2v) is 11.0. The topological polar surface area (TPSA) is 132 Å². The van der Waals surface area contributed by atoms with Crippen molar-refractivity contribution in [3.8, 4) is 22.6 Å². The van der Waals surface area contributed by atoms with Crippen LogP contribution in [0.5, 0.6) is 5.75 Å². The number of carbonyl (C=O) groups is 1. The third kappa shape index (κ3) is 4.47. The van der Waals surface area contributed by atoms with Crippen LogP contribution in [0.25, 0.3) is 49.5 Å².